The van der Waals surface area contributed by atoms with Crippen molar-refractivity contribution in [3.8, 4) is 45.5 Å². The molecule has 0 bridgehead atoms. The van der Waals surface area contributed by atoms with Crippen molar-refractivity contribution in [2.45, 2.75) is 12.8 Å². The first-order valence-corrected chi connectivity index (χ1v) is 23.9. The number of methoxy groups -OCH3 is 3. The number of halogens is 4. The van der Waals surface area contributed by atoms with Crippen LogP contribution in [-0.2, 0) is 0 Å². The Morgan fingerprint density at radius 3 is 1.51 bits per heavy atom. The first kappa shape index (κ1) is 49.4. The van der Waals surface area contributed by atoms with Crippen LogP contribution in [0.5, 0.6) is 23.0 Å². The molecule has 9 rings (SSSR count). The highest BCUT2D eigenvalue weighted by Gasteiger charge is 2.28. The lowest BCUT2D eigenvalue weighted by Gasteiger charge is -2.34. The average Bonchev–Trinajstić information content (AvgIpc) is 4.22. The number of anilines is 4. The number of benzene rings is 2. The van der Waals surface area contributed by atoms with Crippen LogP contribution in [0.15, 0.2) is 36.7 Å². The number of piperazine rings is 2. The first-order chi connectivity index (χ1) is 34.5. The average molecular weight is 985 g/mol. The topological polar surface area (TPSA) is 175 Å². The molecule has 0 unspecified atom stereocenters. The maximum absolute atomic E-state index is 16.5. The number of likely N-dealkylation sites (N-methyl/N-ethyl adjacent to an activating group) is 1. The fraction of sp³-hybridized carbons (Fsp3) is 0.469. The Balaban J connectivity index is 0.798. The molecule has 4 aromatic heterocycles. The molecule has 2 aromatic carbocycles. The van der Waals surface area contributed by atoms with Crippen LogP contribution in [0.4, 0.5) is 41.1 Å². The Labute approximate surface area is 409 Å². The van der Waals surface area contributed by atoms with Gasteiger partial charge in [0.05, 0.1) is 43.8 Å². The fourth-order valence-electron chi connectivity index (χ4n) is 8.79. The Kier molecular flexibility index (Phi) is 15.4. The molecule has 0 atom stereocenters. The highest BCUT2D eigenvalue weighted by molar-refractivity contribution is 5.93. The standard InChI is InChI=1S/C49H60F4N14O4/c1-54-46-44-30(22-32(60-46)38-40(50)34(68-3)24-35(69-4)41(38)51)27-58-48(62-44)55-9-11-66-16-18-67(19-17-66)20-21-71-37-25-36(70-5)42(52)39(43(37)53)33-23-31-28-59-49(56-8-10-65-14-12-64(2)13-15-65)63-45(31)47(61-33)57-26-29-6-7-29/h22-25,27-29H,6-21,26H2,1-5H3,(H,54,60)(H,57,61)(H,55,58,62)(H,56,59,63). The van der Waals surface area contributed by atoms with Crippen molar-refractivity contribution in [2.24, 2.45) is 5.92 Å². The van der Waals surface area contributed by atoms with Crippen molar-refractivity contribution in [2.75, 3.05) is 155 Å². The van der Waals surface area contributed by atoms with Crippen molar-refractivity contribution >= 4 is 45.3 Å². The Bertz CT molecular complexity index is 2820. The van der Waals surface area contributed by atoms with E-state index in [1.165, 1.54) is 33.5 Å². The summed E-state index contributed by atoms with van der Waals surface area (Å²) in [6.45, 7) is 11.3. The second kappa shape index (κ2) is 22.2. The lowest BCUT2D eigenvalue weighted by molar-refractivity contribution is 0.119. The molecule has 0 amide bonds. The van der Waals surface area contributed by atoms with Gasteiger partial charge in [-0.25, -0.2) is 47.5 Å². The number of rotatable bonds is 21. The molecular weight excluding hydrogens is 925 g/mol. The van der Waals surface area contributed by atoms with Crippen LogP contribution in [0.3, 0.4) is 0 Å². The van der Waals surface area contributed by atoms with E-state index < -0.39 is 28.8 Å². The van der Waals surface area contributed by atoms with E-state index >= 15 is 17.6 Å². The monoisotopic (exact) mass is 984 g/mol. The Morgan fingerprint density at radius 2 is 1.01 bits per heavy atom. The number of fused-ring (bicyclic) bond motifs is 2. The number of ether oxygens (including phenoxy) is 4. The number of pyridine rings is 2. The van der Waals surface area contributed by atoms with Gasteiger partial charge in [-0.3, -0.25) is 14.7 Å². The van der Waals surface area contributed by atoms with Gasteiger partial charge in [0.25, 0.3) is 0 Å². The van der Waals surface area contributed by atoms with Crippen LogP contribution in [-0.4, -0.2) is 183 Å². The summed E-state index contributed by atoms with van der Waals surface area (Å²) in [5.41, 5.74) is 0.378. The lowest BCUT2D eigenvalue weighted by Crippen LogP contribution is -2.48. The molecule has 4 N–H and O–H groups in total. The van der Waals surface area contributed by atoms with Gasteiger partial charge in [-0.2, -0.15) is 0 Å². The summed E-state index contributed by atoms with van der Waals surface area (Å²) in [7, 11) is 7.69. The summed E-state index contributed by atoms with van der Waals surface area (Å²) in [5, 5.41) is 14.1. The molecule has 3 aliphatic rings. The zero-order valence-corrected chi connectivity index (χ0v) is 40.7. The highest BCUT2D eigenvalue weighted by atomic mass is 19.1. The summed E-state index contributed by atoms with van der Waals surface area (Å²) >= 11 is 0. The molecule has 2 aliphatic heterocycles. The summed E-state index contributed by atoms with van der Waals surface area (Å²) < 4.78 is 84.9. The molecule has 0 spiro atoms. The Hall–Kier alpha value is -6.62. The SMILES string of the molecule is CNc1nc(-c2c(F)c(OC)cc(OC)c2F)cc2cnc(NCCN3CCN(CCOc4cc(OC)c(F)c(-c5cc6cnc(NCCN7CCN(C)CC7)nc6c(NCC6CC6)n5)c4F)CC3)nc12. The van der Waals surface area contributed by atoms with E-state index in [1.807, 2.05) is 0 Å². The maximum atomic E-state index is 16.5. The van der Waals surface area contributed by atoms with Crippen LogP contribution >= 0.6 is 0 Å². The van der Waals surface area contributed by atoms with E-state index in [2.05, 4.69) is 67.9 Å². The van der Waals surface area contributed by atoms with E-state index in [-0.39, 0.29) is 46.6 Å². The Morgan fingerprint density at radius 1 is 0.563 bits per heavy atom. The van der Waals surface area contributed by atoms with Crippen molar-refractivity contribution < 1.29 is 36.5 Å². The molecule has 71 heavy (non-hydrogen) atoms. The minimum absolute atomic E-state index is 0.0201. The minimum atomic E-state index is -0.907. The molecular formula is C49H60F4N14O4. The first-order valence-electron chi connectivity index (χ1n) is 23.9. The van der Waals surface area contributed by atoms with Crippen LogP contribution in [0.1, 0.15) is 12.8 Å². The summed E-state index contributed by atoms with van der Waals surface area (Å²) in [5.74, 6) is -2.15. The molecule has 378 valence electrons. The molecule has 1 aliphatic carbocycles. The molecule has 2 saturated heterocycles. The third kappa shape index (κ3) is 11.3. The van der Waals surface area contributed by atoms with Gasteiger partial charge in [0.2, 0.25) is 11.9 Å². The van der Waals surface area contributed by atoms with Gasteiger partial charge in [0, 0.05) is 134 Å². The number of nitrogens with zero attached hydrogens (tertiary/aromatic N) is 10. The predicted octanol–water partition coefficient (Wildman–Crippen LogP) is 5.91. The molecule has 18 nitrogen and oxygen atoms in total. The van der Waals surface area contributed by atoms with Crippen LogP contribution < -0.4 is 40.2 Å². The van der Waals surface area contributed by atoms with Crippen molar-refractivity contribution in [1.82, 2.24) is 49.5 Å². The quantitative estimate of drug-likeness (QED) is 0.0626. The fourth-order valence-corrected chi connectivity index (χ4v) is 8.79. The third-order valence-electron chi connectivity index (χ3n) is 13.2. The summed E-state index contributed by atoms with van der Waals surface area (Å²) in [6, 6.07) is 5.50. The van der Waals surface area contributed by atoms with Gasteiger partial charge < -0.3 is 45.1 Å². The van der Waals surface area contributed by atoms with Gasteiger partial charge in [-0.15, -0.1) is 0 Å². The van der Waals surface area contributed by atoms with Crippen LogP contribution in [0, 0.1) is 29.2 Å². The number of nitrogens with one attached hydrogen (secondary N) is 4. The largest absolute Gasteiger partial charge is 0.494 e. The van der Waals surface area contributed by atoms with E-state index in [0.29, 0.717) is 84.0 Å². The van der Waals surface area contributed by atoms with Gasteiger partial charge in [-0.1, -0.05) is 0 Å². The number of hydrogen-bond acceptors (Lipinski definition) is 18. The second-order valence-corrected chi connectivity index (χ2v) is 17.9. The third-order valence-corrected chi connectivity index (χ3v) is 13.2. The second-order valence-electron chi connectivity index (χ2n) is 17.9. The molecule has 3 fully saturated rings. The van der Waals surface area contributed by atoms with Crippen LogP contribution in [0.2, 0.25) is 0 Å². The van der Waals surface area contributed by atoms with Gasteiger partial charge in [-0.05, 0) is 37.9 Å². The predicted molar refractivity (Wildman–Crippen MR) is 265 cm³/mol. The van der Waals surface area contributed by atoms with Crippen molar-refractivity contribution in [1.29, 1.82) is 0 Å². The summed E-state index contributed by atoms with van der Waals surface area (Å²) in [6.07, 6.45) is 5.45. The lowest BCUT2D eigenvalue weighted by atomic mass is 10.1. The van der Waals surface area contributed by atoms with E-state index in [0.717, 1.165) is 77.8 Å². The van der Waals surface area contributed by atoms with E-state index in [1.54, 1.807) is 25.5 Å². The van der Waals surface area contributed by atoms with Gasteiger partial charge in [0.15, 0.2) is 57.9 Å². The van der Waals surface area contributed by atoms with Crippen LogP contribution in [0.25, 0.3) is 44.3 Å². The van der Waals surface area contributed by atoms with E-state index in [4.69, 9.17) is 28.9 Å². The molecule has 6 aromatic rings. The smallest absolute Gasteiger partial charge is 0.223 e. The van der Waals surface area contributed by atoms with E-state index in [9.17, 15) is 0 Å². The molecule has 0 radical (unpaired) electrons. The minimum Gasteiger partial charge on any atom is -0.494 e. The maximum Gasteiger partial charge on any atom is 0.223 e. The zero-order chi connectivity index (χ0) is 49.6. The number of hydrogen-bond donors (Lipinski definition) is 4. The normalized spacial score (nSPS) is 16.1. The van der Waals surface area contributed by atoms with Crippen molar-refractivity contribution in [3.63, 3.8) is 0 Å². The van der Waals surface area contributed by atoms with Gasteiger partial charge >= 0.3 is 0 Å². The van der Waals surface area contributed by atoms with Gasteiger partial charge in [0.1, 0.15) is 17.6 Å². The van der Waals surface area contributed by atoms with Crippen molar-refractivity contribution in [3.05, 3.63) is 59.9 Å². The number of aromatic nitrogens is 6. The molecule has 6 heterocycles. The zero-order valence-electron chi connectivity index (χ0n) is 40.7. The molecule has 22 heteroatoms. The highest BCUT2D eigenvalue weighted by Crippen LogP contribution is 2.41. The molecule has 1 saturated carbocycles. The summed E-state index contributed by atoms with van der Waals surface area (Å²) in [4.78, 5) is 37.0.